The molecule has 0 saturated carbocycles. The van der Waals surface area contributed by atoms with Gasteiger partial charge in [0.15, 0.2) is 5.69 Å². The van der Waals surface area contributed by atoms with Crippen LogP contribution in [0.3, 0.4) is 0 Å². The van der Waals surface area contributed by atoms with Gasteiger partial charge in [0, 0.05) is 48.9 Å². The molecule has 45 heavy (non-hydrogen) atoms. The van der Waals surface area contributed by atoms with Gasteiger partial charge in [0.2, 0.25) is 0 Å². The van der Waals surface area contributed by atoms with Gasteiger partial charge < -0.3 is 0 Å². The molecule has 11 nitrogen and oxygen atoms in total. The number of piperidine rings is 1. The lowest BCUT2D eigenvalue weighted by Gasteiger charge is -2.40. The fraction of sp³-hybridized carbons (Fsp3) is 0.407. The molecule has 0 radical (unpaired) electrons. The maximum absolute atomic E-state index is 13.7. The van der Waals surface area contributed by atoms with Crippen LogP contribution < -0.4 is 10.1 Å². The normalized spacial score (nSPS) is 18.9. The predicted octanol–water partition coefficient (Wildman–Crippen LogP) is 5.40. The zero-order valence-corrected chi connectivity index (χ0v) is 26.9. The number of amides is 1. The number of nitrogens with zero attached hydrogens (tertiary/aromatic N) is 4. The number of hydrogen-bond acceptors (Lipinski definition) is 7. The molecule has 2 aliphatic rings. The van der Waals surface area contributed by atoms with Crippen molar-refractivity contribution in [3.8, 4) is 16.9 Å². The third-order valence-electron chi connectivity index (χ3n) is 7.54. The topological polar surface area (TPSA) is 140 Å². The van der Waals surface area contributed by atoms with Gasteiger partial charge in [-0.15, -0.1) is 0 Å². The van der Waals surface area contributed by atoms with Gasteiger partial charge in [-0.3, -0.25) is 19.3 Å². The van der Waals surface area contributed by atoms with Crippen LogP contribution in [0.25, 0.3) is 16.9 Å². The van der Waals surface area contributed by atoms with Gasteiger partial charge in [-0.2, -0.15) is 46.3 Å². The number of rotatable bonds is 8. The highest BCUT2D eigenvalue weighted by molar-refractivity contribution is 8.24. The van der Waals surface area contributed by atoms with Crippen LogP contribution in [0, 0.1) is 0 Å². The Morgan fingerprint density at radius 1 is 0.978 bits per heavy atom. The summed E-state index contributed by atoms with van der Waals surface area (Å²) >= 11 is 12.6. The van der Waals surface area contributed by atoms with E-state index in [9.17, 15) is 35.5 Å². The van der Waals surface area contributed by atoms with Gasteiger partial charge in [-0.1, -0.05) is 41.8 Å². The van der Waals surface area contributed by atoms with Crippen molar-refractivity contribution in [3.63, 3.8) is 0 Å². The van der Waals surface area contributed by atoms with Crippen molar-refractivity contribution in [2.24, 2.45) is 0 Å². The second kappa shape index (κ2) is 13.4. The van der Waals surface area contributed by atoms with Crippen LogP contribution >= 0.6 is 33.8 Å². The van der Waals surface area contributed by atoms with Crippen molar-refractivity contribution < 1.29 is 35.5 Å². The highest BCUT2D eigenvalue weighted by Crippen LogP contribution is 2.41. The summed E-state index contributed by atoms with van der Waals surface area (Å²) in [5.74, 6) is -0.891. The summed E-state index contributed by atoms with van der Waals surface area (Å²) in [5.41, 5.74) is 2.42. The number of carbonyl (C=O) groups excluding carboxylic acids is 1. The van der Waals surface area contributed by atoms with Crippen LogP contribution in [-0.4, -0.2) is 80.2 Å². The number of carbonyl (C=O) groups is 1. The van der Waals surface area contributed by atoms with E-state index in [0.717, 1.165) is 35.7 Å². The highest BCUT2D eigenvalue weighted by atomic mass is 35.5. The quantitative estimate of drug-likeness (QED) is 0.246. The second-order valence-corrected chi connectivity index (χ2v) is 15.7. The van der Waals surface area contributed by atoms with Crippen LogP contribution in [-0.2, 0) is 22.9 Å². The largest absolute Gasteiger partial charge is 0.416 e. The molecule has 0 aliphatic carbocycles. The van der Waals surface area contributed by atoms with Crippen molar-refractivity contribution in [3.05, 3.63) is 69.3 Å². The summed E-state index contributed by atoms with van der Waals surface area (Å²) in [5, 5.41) is 6.70. The lowest BCUT2D eigenvalue weighted by atomic mass is 10.0. The molecule has 0 bridgehead atoms. The van der Waals surface area contributed by atoms with Crippen molar-refractivity contribution >= 4 is 49.9 Å². The number of hydrazine groups is 1. The van der Waals surface area contributed by atoms with Gasteiger partial charge in [0.25, 0.3) is 16.1 Å². The average molecular weight is 712 g/mol. The number of alkyl halides is 3. The Hall–Kier alpha value is -2.41. The van der Waals surface area contributed by atoms with Crippen molar-refractivity contribution in [2.75, 3.05) is 37.7 Å². The first-order valence-corrected chi connectivity index (χ1v) is 18.0. The molecule has 3 aromatic rings. The molecule has 2 aromatic carbocycles. The Balaban J connectivity index is 1.61. The number of benzene rings is 2. The lowest BCUT2D eigenvalue weighted by Crippen LogP contribution is -2.47. The summed E-state index contributed by atoms with van der Waals surface area (Å²) in [6.45, 7) is 0.449. The molecule has 5 rings (SSSR count). The van der Waals surface area contributed by atoms with Crippen LogP contribution in [0.5, 0.6) is 0 Å². The summed E-state index contributed by atoms with van der Waals surface area (Å²) < 4.78 is 91.6. The van der Waals surface area contributed by atoms with Crippen LogP contribution in [0.4, 0.5) is 13.2 Å². The predicted molar refractivity (Wildman–Crippen MR) is 167 cm³/mol. The zero-order chi connectivity index (χ0) is 32.6. The van der Waals surface area contributed by atoms with E-state index in [4.69, 9.17) is 23.2 Å². The van der Waals surface area contributed by atoms with E-state index in [1.54, 1.807) is 5.01 Å². The molecule has 4 N–H and O–H groups in total. The molecule has 3 heterocycles. The van der Waals surface area contributed by atoms with Gasteiger partial charge in [0.05, 0.1) is 33.5 Å². The lowest BCUT2D eigenvalue weighted by molar-refractivity contribution is -0.137. The molecule has 2 fully saturated rings. The molecular weight excluding hydrogens is 680 g/mol. The second-order valence-electron chi connectivity index (χ2n) is 10.7. The first-order valence-electron chi connectivity index (χ1n) is 13.9. The Morgan fingerprint density at radius 3 is 2.22 bits per heavy atom. The SMILES string of the molecule is O=C(NN1CCCCC1)c1nn(-c2ccc(Cl)cc2Cl)c(-c2ccc(C(F)(F)F)cc2)c1CNS(=O)(=O)N1CCS(O)(O)CC1. The minimum Gasteiger partial charge on any atom is -0.299 e. The average Bonchev–Trinajstić information content (AvgIpc) is 3.35. The molecule has 0 unspecified atom stereocenters. The fourth-order valence-electron chi connectivity index (χ4n) is 5.15. The molecule has 2 aliphatic heterocycles. The molecule has 1 aromatic heterocycles. The minimum absolute atomic E-state index is 0.0835. The van der Waals surface area contributed by atoms with E-state index in [1.807, 2.05) is 0 Å². The third kappa shape index (κ3) is 7.94. The molecule has 246 valence electrons. The first-order chi connectivity index (χ1) is 21.1. The molecule has 2 saturated heterocycles. The summed E-state index contributed by atoms with van der Waals surface area (Å²) in [6.07, 6.45) is -1.88. The summed E-state index contributed by atoms with van der Waals surface area (Å²) in [6, 6.07) is 8.66. The summed E-state index contributed by atoms with van der Waals surface area (Å²) in [4.78, 5) is 13.7. The van der Waals surface area contributed by atoms with E-state index in [-0.39, 0.29) is 57.8 Å². The Bertz CT molecular complexity index is 1660. The Morgan fingerprint density at radius 2 is 1.62 bits per heavy atom. The van der Waals surface area contributed by atoms with Gasteiger partial charge >= 0.3 is 6.18 Å². The van der Waals surface area contributed by atoms with Crippen molar-refractivity contribution in [2.45, 2.75) is 32.0 Å². The number of aromatic nitrogens is 2. The Kier molecular flexibility index (Phi) is 10.1. The van der Waals surface area contributed by atoms with Crippen LogP contribution in [0.2, 0.25) is 10.0 Å². The first kappa shape index (κ1) is 33.9. The minimum atomic E-state index is -4.60. The molecule has 1 amide bonds. The molecule has 18 heteroatoms. The van der Waals surface area contributed by atoms with Crippen molar-refractivity contribution in [1.82, 2.24) is 29.2 Å². The van der Waals surface area contributed by atoms with Crippen molar-refractivity contribution in [1.29, 1.82) is 0 Å². The zero-order valence-electron chi connectivity index (χ0n) is 23.7. The number of nitrogens with one attached hydrogen (secondary N) is 2. The van der Waals surface area contributed by atoms with E-state index in [0.29, 0.717) is 18.1 Å². The number of halogens is 5. The van der Waals surface area contributed by atoms with E-state index in [2.05, 4.69) is 15.2 Å². The standard InChI is InChI=1S/C27H31Cl2F3N6O5S2/c28-20-8-9-23(22(29)16-20)38-25(18-4-6-19(7-5-18)27(30,31)32)21(24(34-38)26(39)35-36-10-2-1-3-11-36)17-33-45(42,43)37-12-14-44(40,41)15-13-37/h4-9,16,33,40-41H,1-3,10-15,17H2,(H,35,39). The van der Waals surface area contributed by atoms with Gasteiger partial charge in [-0.05, 0) is 43.2 Å². The summed E-state index contributed by atoms with van der Waals surface area (Å²) in [7, 11) is -7.07. The van der Waals surface area contributed by atoms with E-state index < -0.39 is 45.0 Å². The molecular formula is C27H31Cl2F3N6O5S2. The van der Waals surface area contributed by atoms with E-state index in [1.165, 1.54) is 35.0 Å². The third-order valence-corrected chi connectivity index (χ3v) is 11.3. The van der Waals surface area contributed by atoms with E-state index >= 15 is 0 Å². The Labute approximate surface area is 269 Å². The van der Waals surface area contributed by atoms with Crippen LogP contribution in [0.1, 0.15) is 40.9 Å². The fourth-order valence-corrected chi connectivity index (χ4v) is 8.27. The molecule has 0 atom stereocenters. The monoisotopic (exact) mass is 710 g/mol. The smallest absolute Gasteiger partial charge is 0.299 e. The maximum atomic E-state index is 13.7. The van der Waals surface area contributed by atoms with Gasteiger partial charge in [-0.25, -0.2) is 9.69 Å². The molecule has 0 spiro atoms. The highest BCUT2D eigenvalue weighted by Gasteiger charge is 2.34. The maximum Gasteiger partial charge on any atom is 0.416 e. The number of hydrogen-bond donors (Lipinski definition) is 4. The van der Waals surface area contributed by atoms with Gasteiger partial charge in [0.1, 0.15) is 0 Å². The van der Waals surface area contributed by atoms with Crippen LogP contribution in [0.15, 0.2) is 42.5 Å².